The molecule has 1 atom stereocenters. The Balaban J connectivity index is 1.96. The van der Waals surface area contributed by atoms with Gasteiger partial charge < -0.3 is 5.32 Å². The van der Waals surface area contributed by atoms with E-state index in [9.17, 15) is 13.2 Å². The van der Waals surface area contributed by atoms with Crippen molar-refractivity contribution in [2.45, 2.75) is 33.2 Å². The van der Waals surface area contributed by atoms with E-state index in [2.05, 4.69) is 20.8 Å². The van der Waals surface area contributed by atoms with E-state index in [0.717, 1.165) is 22.9 Å². The number of amides is 1. The molecular formula is C21H25N5O4S. The number of hydrogen-bond acceptors (Lipinski definition) is 7. The first-order valence-electron chi connectivity index (χ1n) is 9.81. The Morgan fingerprint density at radius 1 is 1.16 bits per heavy atom. The van der Waals surface area contributed by atoms with Crippen LogP contribution in [0.5, 0.6) is 0 Å². The van der Waals surface area contributed by atoms with Crippen molar-refractivity contribution in [3.63, 3.8) is 0 Å². The number of benzene rings is 2. The number of aromatic nitrogens is 4. The van der Waals surface area contributed by atoms with Crippen LogP contribution >= 0.6 is 0 Å². The molecule has 0 radical (unpaired) electrons. The smallest absolute Gasteiger partial charge is 0.264 e. The molecule has 0 aliphatic rings. The van der Waals surface area contributed by atoms with Crippen LogP contribution in [0.3, 0.4) is 0 Å². The maximum atomic E-state index is 12.9. The minimum atomic E-state index is -3.59. The third-order valence-electron chi connectivity index (χ3n) is 4.57. The van der Waals surface area contributed by atoms with Crippen LogP contribution in [-0.4, -0.2) is 53.4 Å². The summed E-state index contributed by atoms with van der Waals surface area (Å²) in [5.74, 6) is 0.313. The molecule has 9 nitrogen and oxygen atoms in total. The molecule has 164 valence electrons. The zero-order chi connectivity index (χ0) is 22.6. The van der Waals surface area contributed by atoms with Gasteiger partial charge in [0.05, 0.1) is 24.6 Å². The van der Waals surface area contributed by atoms with Gasteiger partial charge in [-0.05, 0) is 53.6 Å². The molecule has 3 aromatic rings. The van der Waals surface area contributed by atoms with Crippen molar-refractivity contribution < 1.29 is 17.4 Å². The van der Waals surface area contributed by atoms with Crippen LogP contribution < -0.4 is 5.32 Å². The summed E-state index contributed by atoms with van der Waals surface area (Å²) >= 11 is 0. The zero-order valence-electron chi connectivity index (χ0n) is 17.9. The van der Waals surface area contributed by atoms with Gasteiger partial charge in [0.2, 0.25) is 0 Å². The van der Waals surface area contributed by atoms with Crippen molar-refractivity contribution in [2.75, 3.05) is 12.9 Å². The van der Waals surface area contributed by atoms with Crippen LogP contribution in [0, 0.1) is 6.92 Å². The van der Waals surface area contributed by atoms with Crippen molar-refractivity contribution in [1.82, 2.24) is 25.5 Å². The summed E-state index contributed by atoms with van der Waals surface area (Å²) in [5.41, 5.74) is 3.97. The van der Waals surface area contributed by atoms with Gasteiger partial charge in [0, 0.05) is 12.0 Å². The zero-order valence-corrected chi connectivity index (χ0v) is 18.7. The van der Waals surface area contributed by atoms with E-state index in [1.807, 2.05) is 44.2 Å². The Bertz CT molecular complexity index is 1170. The van der Waals surface area contributed by atoms with Gasteiger partial charge in [0.15, 0.2) is 5.82 Å². The lowest BCUT2D eigenvalue weighted by Crippen LogP contribution is -2.36. The summed E-state index contributed by atoms with van der Waals surface area (Å²) in [4.78, 5) is 12.9. The Kier molecular flexibility index (Phi) is 6.81. The highest BCUT2D eigenvalue weighted by atomic mass is 32.2. The van der Waals surface area contributed by atoms with Gasteiger partial charge >= 0.3 is 0 Å². The average molecular weight is 444 g/mol. The summed E-state index contributed by atoms with van der Waals surface area (Å²) in [7, 11) is -3.59. The van der Waals surface area contributed by atoms with E-state index >= 15 is 0 Å². The van der Waals surface area contributed by atoms with Crippen molar-refractivity contribution in [3.05, 3.63) is 59.4 Å². The fraction of sp³-hybridized carbons (Fsp3) is 0.333. The standard InChI is InChI=1S/C21H25N5O4S/c1-5-20-23-24-25-26(20)19-11-17(16-8-6-14(2)7-9-16)10-18(12-19)21(27)22-15(3)13-30-31(4,28)29/h6-12,15H,5,13H2,1-4H3,(H,22,27). The fourth-order valence-corrected chi connectivity index (χ4v) is 3.43. The van der Waals surface area contributed by atoms with Gasteiger partial charge in [-0.15, -0.1) is 5.10 Å². The topological polar surface area (TPSA) is 116 Å². The molecule has 0 aliphatic heterocycles. The van der Waals surface area contributed by atoms with Crippen molar-refractivity contribution >= 4 is 16.0 Å². The highest BCUT2D eigenvalue weighted by molar-refractivity contribution is 7.85. The molecule has 0 fully saturated rings. The minimum Gasteiger partial charge on any atom is -0.347 e. The average Bonchev–Trinajstić information content (AvgIpc) is 3.21. The van der Waals surface area contributed by atoms with Crippen molar-refractivity contribution in [1.29, 1.82) is 0 Å². The van der Waals surface area contributed by atoms with Gasteiger partial charge in [-0.1, -0.05) is 36.8 Å². The summed E-state index contributed by atoms with van der Waals surface area (Å²) in [6.45, 7) is 5.48. The normalized spacial score (nSPS) is 12.5. The molecule has 0 aliphatic carbocycles. The summed E-state index contributed by atoms with van der Waals surface area (Å²) in [6.07, 6.45) is 1.60. The SMILES string of the molecule is CCc1nnnn1-c1cc(C(=O)NC(C)COS(C)(=O)=O)cc(-c2ccc(C)cc2)c1. The molecule has 10 heteroatoms. The summed E-state index contributed by atoms with van der Waals surface area (Å²) in [5, 5.41) is 14.6. The lowest BCUT2D eigenvalue weighted by atomic mass is 10.0. The lowest BCUT2D eigenvalue weighted by Gasteiger charge is -2.15. The Morgan fingerprint density at radius 3 is 2.52 bits per heavy atom. The number of tetrazole rings is 1. The first kappa shape index (κ1) is 22.6. The Labute approximate surface area is 181 Å². The molecule has 0 spiro atoms. The van der Waals surface area contributed by atoms with Crippen LogP contribution in [0.4, 0.5) is 0 Å². The van der Waals surface area contributed by atoms with Crippen LogP contribution in [-0.2, 0) is 20.7 Å². The largest absolute Gasteiger partial charge is 0.347 e. The molecule has 0 saturated carbocycles. The number of carbonyl (C=O) groups excluding carboxylic acids is 1. The molecule has 1 aromatic heterocycles. The predicted molar refractivity (Wildman–Crippen MR) is 116 cm³/mol. The van der Waals surface area contributed by atoms with Gasteiger partial charge in [0.1, 0.15) is 0 Å². The Hall–Kier alpha value is -3.11. The molecule has 1 heterocycles. The molecule has 1 N–H and O–H groups in total. The van der Waals surface area contributed by atoms with Crippen molar-refractivity contribution in [3.8, 4) is 16.8 Å². The van der Waals surface area contributed by atoms with E-state index in [-0.39, 0.29) is 12.5 Å². The maximum Gasteiger partial charge on any atom is 0.264 e. The second-order valence-electron chi connectivity index (χ2n) is 7.36. The molecule has 2 aromatic carbocycles. The van der Waals surface area contributed by atoms with E-state index in [1.165, 1.54) is 0 Å². The highest BCUT2D eigenvalue weighted by Gasteiger charge is 2.16. The molecule has 0 bridgehead atoms. The highest BCUT2D eigenvalue weighted by Crippen LogP contribution is 2.25. The van der Waals surface area contributed by atoms with Crippen LogP contribution in [0.2, 0.25) is 0 Å². The number of hydrogen-bond donors (Lipinski definition) is 1. The number of rotatable bonds is 8. The number of aryl methyl sites for hydroxylation is 2. The minimum absolute atomic E-state index is 0.151. The van der Waals surface area contributed by atoms with E-state index < -0.39 is 16.2 Å². The molecule has 0 saturated heterocycles. The van der Waals surface area contributed by atoms with Crippen LogP contribution in [0.15, 0.2) is 42.5 Å². The number of carbonyl (C=O) groups is 1. The third kappa shape index (κ3) is 5.96. The van der Waals surface area contributed by atoms with E-state index in [1.54, 1.807) is 23.7 Å². The van der Waals surface area contributed by atoms with E-state index in [4.69, 9.17) is 4.18 Å². The van der Waals surface area contributed by atoms with Gasteiger partial charge in [-0.3, -0.25) is 8.98 Å². The molecule has 3 rings (SSSR count). The predicted octanol–water partition coefficient (Wildman–Crippen LogP) is 2.29. The second kappa shape index (κ2) is 9.36. The first-order chi connectivity index (χ1) is 14.7. The van der Waals surface area contributed by atoms with Crippen LogP contribution in [0.25, 0.3) is 16.8 Å². The quantitative estimate of drug-likeness (QED) is 0.531. The number of nitrogens with one attached hydrogen (secondary N) is 1. The van der Waals surface area contributed by atoms with Gasteiger partial charge in [0.25, 0.3) is 16.0 Å². The third-order valence-corrected chi connectivity index (χ3v) is 5.13. The number of nitrogens with zero attached hydrogens (tertiary/aromatic N) is 4. The molecule has 1 unspecified atom stereocenters. The van der Waals surface area contributed by atoms with Crippen LogP contribution in [0.1, 0.15) is 35.6 Å². The molecular weight excluding hydrogens is 418 g/mol. The lowest BCUT2D eigenvalue weighted by molar-refractivity contribution is 0.0927. The monoisotopic (exact) mass is 443 g/mol. The van der Waals surface area contributed by atoms with Gasteiger partial charge in [-0.25, -0.2) is 0 Å². The summed E-state index contributed by atoms with van der Waals surface area (Å²) in [6, 6.07) is 12.9. The summed E-state index contributed by atoms with van der Waals surface area (Å²) < 4.78 is 28.8. The van der Waals surface area contributed by atoms with Crippen molar-refractivity contribution in [2.24, 2.45) is 0 Å². The fourth-order valence-electron chi connectivity index (χ4n) is 2.98. The van der Waals surface area contributed by atoms with Gasteiger partial charge in [-0.2, -0.15) is 13.1 Å². The molecule has 31 heavy (non-hydrogen) atoms. The Morgan fingerprint density at radius 2 is 1.87 bits per heavy atom. The second-order valence-corrected chi connectivity index (χ2v) is 9.00. The first-order valence-corrected chi connectivity index (χ1v) is 11.6. The maximum absolute atomic E-state index is 12.9. The van der Waals surface area contributed by atoms with E-state index in [0.29, 0.717) is 23.5 Å². The molecule has 1 amide bonds.